The molecule has 1 N–H and O–H groups in total. The summed E-state index contributed by atoms with van der Waals surface area (Å²) in [7, 11) is 1.98. The third-order valence-electron chi connectivity index (χ3n) is 4.91. The van der Waals surface area contributed by atoms with E-state index < -0.39 is 0 Å². The van der Waals surface area contributed by atoms with Gasteiger partial charge in [-0.05, 0) is 30.0 Å². The summed E-state index contributed by atoms with van der Waals surface area (Å²) < 4.78 is 2.00. The molecular weight excluding hydrogens is 344 g/mol. The van der Waals surface area contributed by atoms with Crippen molar-refractivity contribution in [2.24, 2.45) is 12.0 Å². The molecule has 1 amide bonds. The van der Waals surface area contributed by atoms with Crippen molar-refractivity contribution in [2.75, 3.05) is 26.2 Å². The Balaban J connectivity index is 1.35. The lowest BCUT2D eigenvalue weighted by Crippen LogP contribution is -3.13. The number of rotatable bonds is 3. The molecule has 2 aromatic rings. The number of piperazine rings is 1. The van der Waals surface area contributed by atoms with Crippen LogP contribution in [0.1, 0.15) is 11.3 Å². The van der Waals surface area contributed by atoms with Crippen LogP contribution < -0.4 is 4.90 Å². The zero-order valence-electron chi connectivity index (χ0n) is 14.9. The van der Waals surface area contributed by atoms with Gasteiger partial charge in [0, 0.05) is 24.5 Å². The average Bonchev–Trinajstić information content (AvgIpc) is 3.23. The molecule has 1 saturated heterocycles. The number of quaternary nitrogens is 1. The molecule has 0 bridgehead atoms. The van der Waals surface area contributed by atoms with Gasteiger partial charge >= 0.3 is 0 Å². The molecule has 2 aliphatic rings. The Morgan fingerprint density at radius 3 is 2.62 bits per heavy atom. The number of nitrogens with zero attached hydrogens (tertiary/aromatic N) is 3. The SMILES string of the molecule is Cn1cccc1/C=C1/SC(N2CC[NH+](Cc3ccccc3)CC2)=NC1=O. The van der Waals surface area contributed by atoms with E-state index in [1.165, 1.54) is 17.3 Å². The predicted octanol–water partition coefficient (Wildman–Crippen LogP) is 1.40. The molecule has 0 radical (unpaired) electrons. The van der Waals surface area contributed by atoms with Crippen molar-refractivity contribution in [1.82, 2.24) is 9.47 Å². The number of benzene rings is 1. The highest BCUT2D eigenvalue weighted by Crippen LogP contribution is 2.30. The minimum atomic E-state index is -0.120. The number of carbonyl (C=O) groups excluding carboxylic acids is 1. The lowest BCUT2D eigenvalue weighted by Gasteiger charge is -2.32. The number of hydrogen-bond donors (Lipinski definition) is 1. The Labute approximate surface area is 158 Å². The second-order valence-corrected chi connectivity index (χ2v) is 7.76. The number of aryl methyl sites for hydroxylation is 1. The van der Waals surface area contributed by atoms with Crippen LogP contribution in [0.15, 0.2) is 58.6 Å². The highest BCUT2D eigenvalue weighted by molar-refractivity contribution is 8.18. The molecule has 5 nitrogen and oxygen atoms in total. The first-order chi connectivity index (χ1) is 12.7. The molecule has 0 aliphatic carbocycles. The monoisotopic (exact) mass is 367 g/mol. The molecule has 0 saturated carbocycles. The number of thioether (sulfide) groups is 1. The van der Waals surface area contributed by atoms with Gasteiger partial charge in [0.2, 0.25) is 0 Å². The van der Waals surface area contributed by atoms with Crippen LogP contribution in [0.3, 0.4) is 0 Å². The number of amidine groups is 1. The van der Waals surface area contributed by atoms with Crippen LogP contribution in [0, 0.1) is 0 Å². The van der Waals surface area contributed by atoms with Crippen molar-refractivity contribution in [2.45, 2.75) is 6.54 Å². The van der Waals surface area contributed by atoms with Crippen molar-refractivity contribution >= 4 is 28.9 Å². The lowest BCUT2D eigenvalue weighted by molar-refractivity contribution is -0.917. The van der Waals surface area contributed by atoms with Gasteiger partial charge in [-0.25, -0.2) is 0 Å². The van der Waals surface area contributed by atoms with Crippen molar-refractivity contribution in [3.05, 3.63) is 64.8 Å². The number of hydrogen-bond acceptors (Lipinski definition) is 3. The summed E-state index contributed by atoms with van der Waals surface area (Å²) in [4.78, 5) is 21.1. The molecule has 0 spiro atoms. The molecule has 1 aromatic heterocycles. The first-order valence-electron chi connectivity index (χ1n) is 8.95. The van der Waals surface area contributed by atoms with E-state index in [1.54, 1.807) is 4.90 Å². The van der Waals surface area contributed by atoms with Crippen molar-refractivity contribution in [3.63, 3.8) is 0 Å². The van der Waals surface area contributed by atoms with Crippen molar-refractivity contribution < 1.29 is 9.69 Å². The quantitative estimate of drug-likeness (QED) is 0.834. The van der Waals surface area contributed by atoms with Gasteiger partial charge in [-0.1, -0.05) is 30.3 Å². The molecule has 26 heavy (non-hydrogen) atoms. The Morgan fingerprint density at radius 1 is 1.15 bits per heavy atom. The normalized spacial score (nSPS) is 20.0. The zero-order chi connectivity index (χ0) is 17.9. The lowest BCUT2D eigenvalue weighted by atomic mass is 10.2. The molecule has 2 aliphatic heterocycles. The van der Waals surface area contributed by atoms with E-state index in [9.17, 15) is 4.79 Å². The van der Waals surface area contributed by atoms with Crippen molar-refractivity contribution in [1.29, 1.82) is 0 Å². The Kier molecular flexibility index (Phi) is 4.95. The maximum Gasteiger partial charge on any atom is 0.286 e. The van der Waals surface area contributed by atoms with Gasteiger partial charge in [-0.2, -0.15) is 4.99 Å². The van der Waals surface area contributed by atoms with E-state index in [-0.39, 0.29) is 5.91 Å². The second-order valence-electron chi connectivity index (χ2n) is 6.75. The van der Waals surface area contributed by atoms with Crippen LogP contribution in [0.5, 0.6) is 0 Å². The fraction of sp³-hybridized carbons (Fsp3) is 0.300. The van der Waals surface area contributed by atoms with Crippen LogP contribution in [0.25, 0.3) is 6.08 Å². The molecular formula is C20H23N4OS+. The summed E-state index contributed by atoms with van der Waals surface area (Å²) in [5, 5.41) is 0.856. The third-order valence-corrected chi connectivity index (χ3v) is 5.95. The summed E-state index contributed by atoms with van der Waals surface area (Å²) in [5.74, 6) is -0.120. The molecule has 0 unspecified atom stereocenters. The Bertz CT molecular complexity index is 848. The summed E-state index contributed by atoms with van der Waals surface area (Å²) in [6, 6.07) is 14.6. The van der Waals surface area contributed by atoms with Gasteiger partial charge in [0.15, 0.2) is 5.17 Å². The first-order valence-corrected chi connectivity index (χ1v) is 9.77. The largest absolute Gasteiger partial charge is 0.351 e. The summed E-state index contributed by atoms with van der Waals surface area (Å²) in [6.07, 6.45) is 3.91. The van der Waals surface area contributed by atoms with E-state index in [0.717, 1.165) is 43.6 Å². The summed E-state index contributed by atoms with van der Waals surface area (Å²) >= 11 is 1.50. The molecule has 6 heteroatoms. The fourth-order valence-electron chi connectivity index (χ4n) is 3.37. The average molecular weight is 367 g/mol. The third kappa shape index (κ3) is 3.76. The van der Waals surface area contributed by atoms with Gasteiger partial charge in [0.05, 0.1) is 31.1 Å². The Morgan fingerprint density at radius 2 is 1.92 bits per heavy atom. The van der Waals surface area contributed by atoms with Crippen LogP contribution in [-0.2, 0) is 18.4 Å². The maximum atomic E-state index is 12.3. The Hall–Kier alpha value is -2.31. The van der Waals surface area contributed by atoms with Crippen LogP contribution in [-0.4, -0.2) is 46.7 Å². The second kappa shape index (κ2) is 7.51. The van der Waals surface area contributed by atoms with E-state index in [2.05, 4.69) is 40.2 Å². The van der Waals surface area contributed by atoms with E-state index >= 15 is 0 Å². The van der Waals surface area contributed by atoms with Gasteiger partial charge in [0.25, 0.3) is 5.91 Å². The molecule has 3 heterocycles. The number of nitrogens with one attached hydrogen (secondary N) is 1. The van der Waals surface area contributed by atoms with E-state index in [0.29, 0.717) is 4.91 Å². The molecule has 0 atom stereocenters. The topological polar surface area (TPSA) is 42.0 Å². The van der Waals surface area contributed by atoms with Crippen molar-refractivity contribution in [3.8, 4) is 0 Å². The highest BCUT2D eigenvalue weighted by atomic mass is 32.2. The number of carbonyl (C=O) groups is 1. The van der Waals surface area contributed by atoms with Crippen LogP contribution in [0.4, 0.5) is 0 Å². The molecule has 1 aromatic carbocycles. The van der Waals surface area contributed by atoms with E-state index in [1.807, 2.05) is 36.0 Å². The standard InChI is InChI=1S/C20H22N4OS/c1-22-9-5-8-17(22)14-18-19(25)21-20(26-18)24-12-10-23(11-13-24)15-16-6-3-2-4-7-16/h2-9,14H,10-13,15H2,1H3/p+1/b18-14+. The van der Waals surface area contributed by atoms with Gasteiger partial charge in [-0.15, -0.1) is 0 Å². The molecule has 1 fully saturated rings. The zero-order valence-corrected chi connectivity index (χ0v) is 15.7. The number of aliphatic imine (C=N–C) groups is 1. The van der Waals surface area contributed by atoms with Gasteiger partial charge < -0.3 is 14.4 Å². The first kappa shape index (κ1) is 17.1. The number of aromatic nitrogens is 1. The summed E-state index contributed by atoms with van der Waals surface area (Å²) in [6.45, 7) is 5.09. The minimum Gasteiger partial charge on any atom is -0.351 e. The smallest absolute Gasteiger partial charge is 0.286 e. The fourth-order valence-corrected chi connectivity index (χ4v) is 4.32. The highest BCUT2D eigenvalue weighted by Gasteiger charge is 2.29. The summed E-state index contributed by atoms with van der Waals surface area (Å²) in [5.41, 5.74) is 2.40. The van der Waals surface area contributed by atoms with Gasteiger partial charge in [-0.3, -0.25) is 4.79 Å². The maximum absolute atomic E-state index is 12.3. The van der Waals surface area contributed by atoms with Crippen LogP contribution in [0.2, 0.25) is 0 Å². The minimum absolute atomic E-state index is 0.120. The van der Waals surface area contributed by atoms with Crippen LogP contribution >= 0.6 is 11.8 Å². The molecule has 134 valence electrons. The predicted molar refractivity (Wildman–Crippen MR) is 106 cm³/mol. The van der Waals surface area contributed by atoms with E-state index in [4.69, 9.17) is 0 Å². The van der Waals surface area contributed by atoms with Gasteiger partial charge in [0.1, 0.15) is 6.54 Å². The molecule has 4 rings (SSSR count). The number of amides is 1.